The highest BCUT2D eigenvalue weighted by atomic mass is 32.2. The topological polar surface area (TPSA) is 115 Å². The molecule has 11 heteroatoms. The summed E-state index contributed by atoms with van der Waals surface area (Å²) in [5.41, 5.74) is 2.62. The van der Waals surface area contributed by atoms with Crippen LogP contribution in [0.2, 0.25) is 0 Å². The molecule has 2 aromatic heterocycles. The van der Waals surface area contributed by atoms with E-state index in [1.54, 1.807) is 30.5 Å². The Hall–Kier alpha value is -5.03. The fourth-order valence-corrected chi connectivity index (χ4v) is 5.13. The fraction of sp³-hybridized carbons (Fsp3) is 0.100. The van der Waals surface area contributed by atoms with Crippen LogP contribution in [0.3, 0.4) is 0 Å². The Labute approximate surface area is 235 Å². The third kappa shape index (κ3) is 5.66. The number of sulfonamides is 1. The molecule has 0 spiro atoms. The molecule has 5 rings (SSSR count). The molecule has 41 heavy (non-hydrogen) atoms. The minimum Gasteiger partial charge on any atom is -0.325 e. The summed E-state index contributed by atoms with van der Waals surface area (Å²) in [5.74, 6) is -0.655. The van der Waals surface area contributed by atoms with Gasteiger partial charge >= 0.3 is 0 Å². The number of fused-ring (bicyclic) bond motifs is 1. The maximum Gasteiger partial charge on any atom is 0.267 e. The highest BCUT2D eigenvalue weighted by molar-refractivity contribution is 7.95. The number of hydrogen-bond donors (Lipinski definition) is 2. The van der Waals surface area contributed by atoms with Gasteiger partial charge in [-0.15, -0.1) is 0 Å². The van der Waals surface area contributed by atoms with Crippen molar-refractivity contribution in [2.24, 2.45) is 0 Å². The summed E-state index contributed by atoms with van der Waals surface area (Å²) < 4.78 is 43.4. The first-order valence-corrected chi connectivity index (χ1v) is 14.3. The molecule has 0 fully saturated rings. The number of hydrogen-bond acceptors (Lipinski definition) is 5. The molecule has 0 aliphatic carbocycles. The van der Waals surface area contributed by atoms with Gasteiger partial charge in [0.1, 0.15) is 12.4 Å². The van der Waals surface area contributed by atoms with Crippen molar-refractivity contribution in [3.63, 3.8) is 0 Å². The van der Waals surface area contributed by atoms with Gasteiger partial charge in [-0.1, -0.05) is 62.0 Å². The average molecular weight is 572 g/mol. The number of nitrogens with one attached hydrogen (secondary N) is 2. The highest BCUT2D eigenvalue weighted by Gasteiger charge is 2.23. The normalized spacial score (nSPS) is 11.4. The Balaban J connectivity index is 1.72. The molecule has 0 atom stereocenters. The van der Waals surface area contributed by atoms with Crippen LogP contribution in [0, 0.1) is 5.82 Å². The van der Waals surface area contributed by atoms with Crippen molar-refractivity contribution >= 4 is 33.1 Å². The average Bonchev–Trinajstić information content (AvgIpc) is 3.32. The number of nitrogens with zero attached hydrogens (tertiary/aromatic N) is 3. The van der Waals surface area contributed by atoms with Crippen molar-refractivity contribution in [3.05, 3.63) is 119 Å². The Morgan fingerprint density at radius 1 is 1.02 bits per heavy atom. The van der Waals surface area contributed by atoms with Gasteiger partial charge in [-0.05, 0) is 42.3 Å². The quantitative estimate of drug-likeness (QED) is 0.257. The number of carbonyl (C=O) groups excluding carboxylic acids is 1. The van der Waals surface area contributed by atoms with Crippen LogP contribution in [0.25, 0.3) is 28.2 Å². The molecule has 0 radical (unpaired) electrons. The molecule has 1 amide bonds. The van der Waals surface area contributed by atoms with Crippen molar-refractivity contribution in [1.29, 1.82) is 0 Å². The van der Waals surface area contributed by atoms with Crippen LogP contribution in [0.15, 0.2) is 102 Å². The number of amides is 1. The predicted octanol–water partition coefficient (Wildman–Crippen LogP) is 5.06. The van der Waals surface area contributed by atoms with Gasteiger partial charge in [-0.2, -0.15) is 0 Å². The van der Waals surface area contributed by atoms with Gasteiger partial charge in [-0.3, -0.25) is 14.3 Å². The van der Waals surface area contributed by atoms with E-state index in [-0.39, 0.29) is 23.6 Å². The Kier molecular flexibility index (Phi) is 7.54. The fourth-order valence-electron chi connectivity index (χ4n) is 4.56. The molecule has 0 saturated heterocycles. The van der Waals surface area contributed by atoms with E-state index in [1.807, 2.05) is 37.3 Å². The van der Waals surface area contributed by atoms with Crippen LogP contribution >= 0.6 is 0 Å². The lowest BCUT2D eigenvalue weighted by molar-refractivity contribution is -0.116. The number of carbonyl (C=O) groups is 1. The first kappa shape index (κ1) is 27.5. The van der Waals surface area contributed by atoms with E-state index < -0.39 is 21.7 Å². The maximum atomic E-state index is 14.2. The second-order valence-corrected chi connectivity index (χ2v) is 10.8. The molecule has 5 aromatic rings. The number of imidazole rings is 1. The van der Waals surface area contributed by atoms with E-state index in [9.17, 15) is 22.4 Å². The monoisotopic (exact) mass is 571 g/mol. The number of anilines is 2. The van der Waals surface area contributed by atoms with E-state index >= 15 is 0 Å². The molecule has 0 bridgehead atoms. The Morgan fingerprint density at radius 2 is 1.71 bits per heavy atom. The van der Waals surface area contributed by atoms with Crippen LogP contribution < -0.4 is 15.6 Å². The molecule has 9 nitrogen and oxygen atoms in total. The second kappa shape index (κ2) is 11.2. The second-order valence-electron chi connectivity index (χ2n) is 9.15. The van der Waals surface area contributed by atoms with Crippen LogP contribution in [-0.2, 0) is 27.8 Å². The van der Waals surface area contributed by atoms with Crippen LogP contribution in [-0.4, -0.2) is 28.3 Å². The van der Waals surface area contributed by atoms with Gasteiger partial charge in [0.05, 0.1) is 22.6 Å². The minimum atomic E-state index is -3.86. The number of halogens is 1. The summed E-state index contributed by atoms with van der Waals surface area (Å²) in [4.78, 5) is 32.0. The van der Waals surface area contributed by atoms with Crippen molar-refractivity contribution in [3.8, 4) is 22.4 Å². The summed E-state index contributed by atoms with van der Waals surface area (Å²) in [7, 11) is -3.86. The van der Waals surface area contributed by atoms with Gasteiger partial charge in [-0.25, -0.2) is 22.2 Å². The van der Waals surface area contributed by atoms with E-state index in [2.05, 4.69) is 16.6 Å². The molecule has 0 aliphatic rings. The molecule has 3 aromatic carbocycles. The number of aryl methyl sites for hydroxylation is 1. The highest BCUT2D eigenvalue weighted by Crippen LogP contribution is 2.31. The van der Waals surface area contributed by atoms with Crippen molar-refractivity contribution in [2.75, 3.05) is 10.0 Å². The number of benzene rings is 3. The zero-order valence-corrected chi connectivity index (χ0v) is 22.9. The molecular formula is C30H26FN5O4S. The molecule has 2 N–H and O–H groups in total. The Bertz CT molecular complexity index is 1930. The zero-order chi connectivity index (χ0) is 29.1. The SMILES string of the molecule is C=CS(=O)(=O)Nc1ccccc1-c1cn(CC(=O)Nc2ccc(F)cc2)c2nc(CC)c(-c3ccccc3)c(=O)n12. The van der Waals surface area contributed by atoms with Gasteiger partial charge in [0.2, 0.25) is 11.7 Å². The van der Waals surface area contributed by atoms with Gasteiger partial charge in [0, 0.05) is 22.9 Å². The van der Waals surface area contributed by atoms with Gasteiger partial charge < -0.3 is 9.88 Å². The largest absolute Gasteiger partial charge is 0.325 e. The van der Waals surface area contributed by atoms with E-state index in [0.29, 0.717) is 40.2 Å². The number of aromatic nitrogens is 3. The summed E-state index contributed by atoms with van der Waals surface area (Å²) in [6, 6.07) is 21.1. The minimum absolute atomic E-state index is 0.206. The van der Waals surface area contributed by atoms with Crippen molar-refractivity contribution in [2.45, 2.75) is 19.9 Å². The van der Waals surface area contributed by atoms with E-state index in [4.69, 9.17) is 4.98 Å². The number of rotatable bonds is 9. The van der Waals surface area contributed by atoms with Crippen LogP contribution in [0.4, 0.5) is 15.8 Å². The maximum absolute atomic E-state index is 14.2. The smallest absolute Gasteiger partial charge is 0.267 e. The molecule has 0 unspecified atom stereocenters. The standard InChI is InChI=1S/C30H26FN5O4S/c1-3-24-28(20-10-6-5-7-11-20)29(38)36-26(23-12-8-9-13-25(23)34-41(39,40)4-2)18-35(30(36)33-24)19-27(37)32-22-16-14-21(31)15-17-22/h4-18,34H,2-3,19H2,1H3,(H,32,37). The number of para-hydroxylation sites is 1. The predicted molar refractivity (Wildman–Crippen MR) is 157 cm³/mol. The lowest BCUT2D eigenvalue weighted by Gasteiger charge is -2.12. The zero-order valence-electron chi connectivity index (χ0n) is 22.0. The Morgan fingerprint density at radius 3 is 2.39 bits per heavy atom. The van der Waals surface area contributed by atoms with Crippen LogP contribution in [0.1, 0.15) is 12.6 Å². The van der Waals surface area contributed by atoms with Crippen molar-refractivity contribution in [1.82, 2.24) is 14.0 Å². The molecule has 208 valence electrons. The van der Waals surface area contributed by atoms with Crippen LogP contribution in [0.5, 0.6) is 0 Å². The van der Waals surface area contributed by atoms with E-state index in [0.717, 1.165) is 5.41 Å². The summed E-state index contributed by atoms with van der Waals surface area (Å²) >= 11 is 0. The summed E-state index contributed by atoms with van der Waals surface area (Å²) in [6.07, 6.45) is 2.04. The lowest BCUT2D eigenvalue weighted by Crippen LogP contribution is -2.23. The van der Waals surface area contributed by atoms with E-state index in [1.165, 1.54) is 33.2 Å². The third-order valence-electron chi connectivity index (χ3n) is 6.43. The van der Waals surface area contributed by atoms with Crippen molar-refractivity contribution < 1.29 is 17.6 Å². The lowest BCUT2D eigenvalue weighted by atomic mass is 10.0. The van der Waals surface area contributed by atoms with Gasteiger partial charge in [0.15, 0.2) is 0 Å². The molecule has 2 heterocycles. The first-order chi connectivity index (χ1) is 19.7. The summed E-state index contributed by atoms with van der Waals surface area (Å²) in [5, 5.41) is 3.51. The molecular weight excluding hydrogens is 545 g/mol. The first-order valence-electron chi connectivity index (χ1n) is 12.7. The third-order valence-corrected chi connectivity index (χ3v) is 7.37. The summed E-state index contributed by atoms with van der Waals surface area (Å²) in [6.45, 7) is 5.02. The van der Waals surface area contributed by atoms with Gasteiger partial charge in [0.25, 0.3) is 15.6 Å². The molecule has 0 saturated carbocycles. The molecule has 0 aliphatic heterocycles.